The molecule has 1 aromatic rings. The average Bonchev–Trinajstić information content (AvgIpc) is 2.64. The van der Waals surface area contributed by atoms with Gasteiger partial charge in [-0.25, -0.2) is 4.99 Å². The van der Waals surface area contributed by atoms with Crippen LogP contribution < -0.4 is 20.1 Å². The largest absolute Gasteiger partial charge is 0.497 e. The molecule has 8 heteroatoms. The molecule has 0 saturated carbocycles. The van der Waals surface area contributed by atoms with E-state index in [9.17, 15) is 4.79 Å². The van der Waals surface area contributed by atoms with E-state index >= 15 is 0 Å². The molecule has 0 aliphatic heterocycles. The van der Waals surface area contributed by atoms with Crippen LogP contribution in [0.15, 0.2) is 23.2 Å². The number of hydrogen-bond donors (Lipinski definition) is 2. The molecule has 2 atom stereocenters. The fourth-order valence-electron chi connectivity index (χ4n) is 2.22. The summed E-state index contributed by atoms with van der Waals surface area (Å²) in [6.45, 7) is 6.26. The van der Waals surface area contributed by atoms with Crippen molar-refractivity contribution in [3.05, 3.63) is 23.8 Å². The minimum absolute atomic E-state index is 0. The third-order valence-electron chi connectivity index (χ3n) is 4.12. The van der Waals surface area contributed by atoms with Gasteiger partial charge in [-0.2, -0.15) is 0 Å². The first-order valence-corrected chi connectivity index (χ1v) is 8.81. The molecule has 0 aliphatic carbocycles. The Morgan fingerprint density at radius 3 is 2.37 bits per heavy atom. The molecule has 0 spiro atoms. The van der Waals surface area contributed by atoms with Crippen molar-refractivity contribution in [2.75, 3.05) is 34.9 Å². The van der Waals surface area contributed by atoms with Crippen LogP contribution in [0.2, 0.25) is 0 Å². The molecular formula is C19H33IN4O3. The van der Waals surface area contributed by atoms with Gasteiger partial charge in [-0.15, -0.1) is 24.0 Å². The van der Waals surface area contributed by atoms with Gasteiger partial charge in [0.2, 0.25) is 5.91 Å². The summed E-state index contributed by atoms with van der Waals surface area (Å²) in [6.07, 6.45) is 0.944. The number of amides is 1. The number of nitrogens with one attached hydrogen (secondary N) is 2. The summed E-state index contributed by atoms with van der Waals surface area (Å²) in [7, 11) is 6.71. The molecule has 2 unspecified atom stereocenters. The van der Waals surface area contributed by atoms with Crippen LogP contribution in [-0.4, -0.2) is 57.7 Å². The third-order valence-corrected chi connectivity index (χ3v) is 4.12. The van der Waals surface area contributed by atoms with Gasteiger partial charge in [0.25, 0.3) is 0 Å². The number of guanidine groups is 1. The van der Waals surface area contributed by atoms with E-state index in [1.165, 1.54) is 4.90 Å². The maximum Gasteiger partial charge on any atom is 0.243 e. The van der Waals surface area contributed by atoms with Crippen LogP contribution in [0.25, 0.3) is 0 Å². The number of carbonyl (C=O) groups excluding carboxylic acids is 1. The van der Waals surface area contributed by atoms with Gasteiger partial charge in [0.1, 0.15) is 18.0 Å². The normalized spacial score (nSPS) is 13.1. The lowest BCUT2D eigenvalue weighted by Crippen LogP contribution is -2.43. The number of aliphatic imine (C=N–C) groups is 1. The second-order valence-corrected chi connectivity index (χ2v) is 6.38. The Morgan fingerprint density at radius 2 is 1.85 bits per heavy atom. The molecule has 0 aliphatic rings. The van der Waals surface area contributed by atoms with Crippen LogP contribution in [0, 0.1) is 0 Å². The minimum Gasteiger partial charge on any atom is -0.497 e. The van der Waals surface area contributed by atoms with Crippen LogP contribution >= 0.6 is 24.0 Å². The Morgan fingerprint density at radius 1 is 1.19 bits per heavy atom. The highest BCUT2D eigenvalue weighted by atomic mass is 127. The van der Waals surface area contributed by atoms with E-state index in [2.05, 4.69) is 29.5 Å². The van der Waals surface area contributed by atoms with Crippen LogP contribution in [0.5, 0.6) is 11.5 Å². The zero-order valence-corrected chi connectivity index (χ0v) is 19.7. The molecule has 1 rings (SSSR count). The van der Waals surface area contributed by atoms with E-state index in [-0.39, 0.29) is 48.5 Å². The zero-order chi connectivity index (χ0) is 19.7. The topological polar surface area (TPSA) is 75.2 Å². The van der Waals surface area contributed by atoms with Gasteiger partial charge in [0.15, 0.2) is 5.96 Å². The van der Waals surface area contributed by atoms with E-state index in [1.807, 2.05) is 25.1 Å². The maximum absolute atomic E-state index is 11.9. The Balaban J connectivity index is 0.00000676. The Kier molecular flexibility index (Phi) is 11.8. The second kappa shape index (κ2) is 12.6. The van der Waals surface area contributed by atoms with Crippen LogP contribution in [0.1, 0.15) is 38.8 Å². The summed E-state index contributed by atoms with van der Waals surface area (Å²) in [4.78, 5) is 17.8. The fourth-order valence-corrected chi connectivity index (χ4v) is 2.22. The highest BCUT2D eigenvalue weighted by Crippen LogP contribution is 2.29. The summed E-state index contributed by atoms with van der Waals surface area (Å²) >= 11 is 0. The SMILES string of the molecule is CCC(C)NC(=NCC(=O)N(C)C)NC(C)c1cc(OC)ccc1OC.I. The van der Waals surface area contributed by atoms with Crippen molar-refractivity contribution in [2.24, 2.45) is 4.99 Å². The molecule has 1 amide bonds. The molecule has 0 saturated heterocycles. The Hall–Kier alpha value is -1.71. The van der Waals surface area contributed by atoms with E-state index < -0.39 is 0 Å². The van der Waals surface area contributed by atoms with Gasteiger partial charge < -0.3 is 25.0 Å². The number of ether oxygens (including phenoxy) is 2. The minimum atomic E-state index is -0.0928. The molecule has 154 valence electrons. The number of carbonyl (C=O) groups is 1. The molecule has 27 heavy (non-hydrogen) atoms. The van der Waals surface area contributed by atoms with Crippen molar-refractivity contribution in [1.29, 1.82) is 0 Å². The number of halogens is 1. The summed E-state index contributed by atoms with van der Waals surface area (Å²) in [6, 6.07) is 5.81. The second-order valence-electron chi connectivity index (χ2n) is 6.38. The molecular weight excluding hydrogens is 459 g/mol. The monoisotopic (exact) mass is 492 g/mol. The molecule has 1 aromatic carbocycles. The van der Waals surface area contributed by atoms with Crippen LogP contribution in [0.3, 0.4) is 0 Å². The van der Waals surface area contributed by atoms with Gasteiger partial charge in [0, 0.05) is 25.7 Å². The number of methoxy groups -OCH3 is 2. The van der Waals surface area contributed by atoms with E-state index in [0.717, 1.165) is 23.5 Å². The van der Waals surface area contributed by atoms with Crippen molar-refractivity contribution < 1.29 is 14.3 Å². The summed E-state index contributed by atoms with van der Waals surface area (Å²) < 4.78 is 10.8. The van der Waals surface area contributed by atoms with Gasteiger partial charge in [-0.05, 0) is 38.5 Å². The van der Waals surface area contributed by atoms with Gasteiger partial charge in [0.05, 0.1) is 20.3 Å². The first-order valence-electron chi connectivity index (χ1n) is 8.81. The van der Waals surface area contributed by atoms with E-state index in [4.69, 9.17) is 9.47 Å². The summed E-state index contributed by atoms with van der Waals surface area (Å²) in [5, 5.41) is 6.68. The number of benzene rings is 1. The van der Waals surface area contributed by atoms with Gasteiger partial charge in [-0.3, -0.25) is 4.79 Å². The van der Waals surface area contributed by atoms with E-state index in [1.54, 1.807) is 28.3 Å². The molecule has 0 heterocycles. The number of rotatable bonds is 8. The fraction of sp³-hybridized carbons (Fsp3) is 0.579. The van der Waals surface area contributed by atoms with Crippen molar-refractivity contribution >= 4 is 35.8 Å². The van der Waals surface area contributed by atoms with Crippen LogP contribution in [0.4, 0.5) is 0 Å². The smallest absolute Gasteiger partial charge is 0.243 e. The third kappa shape index (κ3) is 8.23. The lowest BCUT2D eigenvalue weighted by Gasteiger charge is -2.23. The number of hydrogen-bond acceptors (Lipinski definition) is 4. The molecule has 0 bridgehead atoms. The van der Waals surface area contributed by atoms with E-state index in [0.29, 0.717) is 5.96 Å². The highest BCUT2D eigenvalue weighted by Gasteiger charge is 2.16. The molecule has 0 fully saturated rings. The molecule has 2 N–H and O–H groups in total. The number of nitrogens with zero attached hydrogens (tertiary/aromatic N) is 2. The van der Waals surface area contributed by atoms with Crippen molar-refractivity contribution in [1.82, 2.24) is 15.5 Å². The lowest BCUT2D eigenvalue weighted by molar-refractivity contribution is -0.127. The summed E-state index contributed by atoms with van der Waals surface area (Å²) in [5.41, 5.74) is 0.949. The quantitative estimate of drug-likeness (QED) is 0.332. The van der Waals surface area contributed by atoms with Gasteiger partial charge in [-0.1, -0.05) is 6.92 Å². The average molecular weight is 492 g/mol. The standard InChI is InChI=1S/C19H32N4O3.HI/c1-8-13(2)21-19(20-12-18(24)23(4)5)22-14(3)16-11-15(25-6)9-10-17(16)26-7;/h9-11,13-14H,8,12H2,1-7H3,(H2,20,21,22);1H. The predicted octanol–water partition coefficient (Wildman–Crippen LogP) is 2.80. The Bertz CT molecular complexity index is 623. The first kappa shape index (κ1) is 25.3. The number of likely N-dealkylation sites (N-methyl/N-ethyl adjacent to an activating group) is 1. The van der Waals surface area contributed by atoms with Crippen molar-refractivity contribution in [3.8, 4) is 11.5 Å². The van der Waals surface area contributed by atoms with Gasteiger partial charge >= 0.3 is 0 Å². The first-order chi connectivity index (χ1) is 12.3. The molecule has 0 radical (unpaired) electrons. The zero-order valence-electron chi connectivity index (χ0n) is 17.3. The summed E-state index contributed by atoms with van der Waals surface area (Å²) in [5.74, 6) is 2.05. The van der Waals surface area contributed by atoms with Crippen molar-refractivity contribution in [3.63, 3.8) is 0 Å². The van der Waals surface area contributed by atoms with Crippen molar-refractivity contribution in [2.45, 2.75) is 39.3 Å². The maximum atomic E-state index is 11.9. The Labute approximate surface area is 179 Å². The van der Waals surface area contributed by atoms with Crippen LogP contribution in [-0.2, 0) is 4.79 Å². The predicted molar refractivity (Wildman–Crippen MR) is 120 cm³/mol. The lowest BCUT2D eigenvalue weighted by atomic mass is 10.1. The highest BCUT2D eigenvalue weighted by molar-refractivity contribution is 14.0. The molecule has 7 nitrogen and oxygen atoms in total. The molecule has 0 aromatic heterocycles.